The van der Waals surface area contributed by atoms with Crippen molar-refractivity contribution in [2.24, 2.45) is 22.2 Å². The molecule has 20 heavy (non-hydrogen) atoms. The Morgan fingerprint density at radius 2 is 1.95 bits per heavy atom. The van der Waals surface area contributed by atoms with Gasteiger partial charge in [0, 0.05) is 5.69 Å². The van der Waals surface area contributed by atoms with Crippen molar-refractivity contribution in [3.8, 4) is 0 Å². The zero-order valence-corrected chi connectivity index (χ0v) is 12.1. The molecule has 2 rings (SSSR count). The third-order valence-corrected chi connectivity index (χ3v) is 4.15. The molecule has 0 aliphatic heterocycles. The summed E-state index contributed by atoms with van der Waals surface area (Å²) in [6.45, 7) is 5.94. The van der Waals surface area contributed by atoms with Gasteiger partial charge >= 0.3 is 0 Å². The first-order valence-electron chi connectivity index (χ1n) is 6.76. The minimum absolute atomic E-state index is 0.000614. The molecule has 4 N–H and O–H groups in total. The van der Waals surface area contributed by atoms with Gasteiger partial charge in [0.25, 0.3) is 0 Å². The van der Waals surface area contributed by atoms with E-state index >= 15 is 0 Å². The van der Waals surface area contributed by atoms with Crippen LogP contribution >= 0.6 is 0 Å². The van der Waals surface area contributed by atoms with Gasteiger partial charge in [0.05, 0.1) is 0 Å². The van der Waals surface area contributed by atoms with Gasteiger partial charge in [-0.25, -0.2) is 0 Å². The smallest absolute Gasteiger partial charge is 0.238 e. The SMILES string of the molecule is Cc1cccc(C)c1NC(=O)C1(/C(N)=N/O)CC(C)C1. The van der Waals surface area contributed by atoms with Gasteiger partial charge in [-0.15, -0.1) is 0 Å². The molecule has 0 saturated heterocycles. The average Bonchev–Trinajstić information content (AvgIpc) is 2.38. The molecule has 5 heteroatoms. The second-order valence-corrected chi connectivity index (χ2v) is 5.80. The van der Waals surface area contributed by atoms with E-state index in [4.69, 9.17) is 10.9 Å². The first-order valence-corrected chi connectivity index (χ1v) is 6.76. The molecule has 0 unspecified atom stereocenters. The lowest BCUT2D eigenvalue weighted by Crippen LogP contribution is -2.54. The molecule has 0 heterocycles. The van der Waals surface area contributed by atoms with Crippen LogP contribution in [0.15, 0.2) is 23.4 Å². The fraction of sp³-hybridized carbons (Fsp3) is 0.467. The monoisotopic (exact) mass is 275 g/mol. The number of amidine groups is 1. The number of nitrogens with one attached hydrogen (secondary N) is 1. The van der Waals surface area contributed by atoms with Gasteiger partial charge in [-0.05, 0) is 43.7 Å². The van der Waals surface area contributed by atoms with E-state index in [0.29, 0.717) is 18.8 Å². The number of carbonyl (C=O) groups is 1. The van der Waals surface area contributed by atoms with Crippen LogP contribution in [0.4, 0.5) is 5.69 Å². The van der Waals surface area contributed by atoms with Crippen molar-refractivity contribution in [3.63, 3.8) is 0 Å². The molecule has 1 saturated carbocycles. The Kier molecular flexibility index (Phi) is 3.70. The number of para-hydroxylation sites is 1. The average molecular weight is 275 g/mol. The quantitative estimate of drug-likeness (QED) is 0.342. The Morgan fingerprint density at radius 1 is 1.40 bits per heavy atom. The van der Waals surface area contributed by atoms with Gasteiger partial charge < -0.3 is 16.3 Å². The minimum Gasteiger partial charge on any atom is -0.409 e. The van der Waals surface area contributed by atoms with Crippen molar-refractivity contribution in [1.29, 1.82) is 0 Å². The zero-order chi connectivity index (χ0) is 14.9. The Hall–Kier alpha value is -2.04. The molecule has 5 nitrogen and oxygen atoms in total. The van der Waals surface area contributed by atoms with Crippen LogP contribution in [0.5, 0.6) is 0 Å². The number of carbonyl (C=O) groups excluding carboxylic acids is 1. The Bertz CT molecular complexity index is 540. The third-order valence-electron chi connectivity index (χ3n) is 4.15. The first-order chi connectivity index (χ1) is 9.40. The highest BCUT2D eigenvalue weighted by Crippen LogP contribution is 2.46. The van der Waals surface area contributed by atoms with Gasteiger partial charge in [0.2, 0.25) is 5.91 Å². The van der Waals surface area contributed by atoms with E-state index in [2.05, 4.69) is 17.4 Å². The lowest BCUT2D eigenvalue weighted by Gasteiger charge is -2.43. The van der Waals surface area contributed by atoms with E-state index < -0.39 is 5.41 Å². The lowest BCUT2D eigenvalue weighted by molar-refractivity contribution is -0.127. The summed E-state index contributed by atoms with van der Waals surface area (Å²) in [6, 6.07) is 5.84. The van der Waals surface area contributed by atoms with Crippen molar-refractivity contribution in [3.05, 3.63) is 29.3 Å². The minimum atomic E-state index is -0.872. The Balaban J connectivity index is 2.27. The van der Waals surface area contributed by atoms with Gasteiger partial charge in [-0.2, -0.15) is 0 Å². The first kappa shape index (κ1) is 14.4. The molecule has 0 atom stereocenters. The highest BCUT2D eigenvalue weighted by molar-refractivity contribution is 6.13. The highest BCUT2D eigenvalue weighted by atomic mass is 16.4. The largest absolute Gasteiger partial charge is 0.409 e. The summed E-state index contributed by atoms with van der Waals surface area (Å²) >= 11 is 0. The van der Waals surface area contributed by atoms with Crippen LogP contribution in [-0.4, -0.2) is 17.0 Å². The van der Waals surface area contributed by atoms with Gasteiger partial charge in [-0.1, -0.05) is 30.3 Å². The molecule has 0 aromatic heterocycles. The molecule has 1 aliphatic carbocycles. The van der Waals surface area contributed by atoms with Crippen LogP contribution in [-0.2, 0) is 4.79 Å². The predicted molar refractivity (Wildman–Crippen MR) is 78.8 cm³/mol. The molecule has 0 spiro atoms. The van der Waals surface area contributed by atoms with Crippen LogP contribution in [0, 0.1) is 25.2 Å². The summed E-state index contributed by atoms with van der Waals surface area (Å²) in [4.78, 5) is 12.6. The van der Waals surface area contributed by atoms with Crippen molar-refractivity contribution >= 4 is 17.4 Å². The van der Waals surface area contributed by atoms with E-state index in [1.54, 1.807) is 0 Å². The molecular formula is C15H21N3O2. The number of anilines is 1. The molecule has 1 aromatic carbocycles. The molecule has 1 amide bonds. The number of hydrogen-bond donors (Lipinski definition) is 3. The van der Waals surface area contributed by atoms with Crippen molar-refractivity contribution in [2.75, 3.05) is 5.32 Å². The molecule has 108 valence electrons. The number of hydrogen-bond acceptors (Lipinski definition) is 3. The summed E-state index contributed by atoms with van der Waals surface area (Å²) in [6.07, 6.45) is 1.22. The fourth-order valence-corrected chi connectivity index (χ4v) is 2.98. The number of aryl methyl sites for hydroxylation is 2. The summed E-state index contributed by atoms with van der Waals surface area (Å²) in [5, 5.41) is 14.9. The molecule has 0 bridgehead atoms. The lowest BCUT2D eigenvalue weighted by atomic mass is 9.61. The van der Waals surface area contributed by atoms with Crippen LogP contribution in [0.1, 0.15) is 30.9 Å². The molecule has 0 radical (unpaired) electrons. The predicted octanol–water partition coefficient (Wildman–Crippen LogP) is 2.40. The molecular weight excluding hydrogens is 254 g/mol. The van der Waals surface area contributed by atoms with Crippen molar-refractivity contribution in [1.82, 2.24) is 0 Å². The van der Waals surface area contributed by atoms with E-state index in [9.17, 15) is 4.79 Å². The summed E-state index contributed by atoms with van der Waals surface area (Å²) in [5.41, 5.74) is 7.68. The van der Waals surface area contributed by atoms with E-state index in [-0.39, 0.29) is 11.7 Å². The number of rotatable bonds is 3. The maximum absolute atomic E-state index is 12.6. The standard InChI is InChI=1S/C15H21N3O2/c1-9-7-15(8-9,13(16)18-20)14(19)17-12-10(2)5-4-6-11(12)3/h4-6,9,20H,7-8H2,1-3H3,(H2,16,18)(H,17,19). The fourth-order valence-electron chi connectivity index (χ4n) is 2.98. The van der Waals surface area contributed by atoms with Crippen LogP contribution in [0.25, 0.3) is 0 Å². The number of benzene rings is 1. The third kappa shape index (κ3) is 2.24. The van der Waals surface area contributed by atoms with E-state index in [0.717, 1.165) is 16.8 Å². The zero-order valence-electron chi connectivity index (χ0n) is 12.1. The van der Waals surface area contributed by atoms with Crippen LogP contribution in [0.2, 0.25) is 0 Å². The summed E-state index contributed by atoms with van der Waals surface area (Å²) in [5.74, 6) is 0.210. The number of nitrogens with two attached hydrogens (primary N) is 1. The van der Waals surface area contributed by atoms with Crippen LogP contribution in [0.3, 0.4) is 0 Å². The van der Waals surface area contributed by atoms with E-state index in [1.165, 1.54) is 0 Å². The van der Waals surface area contributed by atoms with Crippen molar-refractivity contribution < 1.29 is 10.0 Å². The maximum atomic E-state index is 12.6. The van der Waals surface area contributed by atoms with Crippen molar-refractivity contribution in [2.45, 2.75) is 33.6 Å². The summed E-state index contributed by atoms with van der Waals surface area (Å²) < 4.78 is 0. The number of nitrogens with zero attached hydrogens (tertiary/aromatic N) is 1. The summed E-state index contributed by atoms with van der Waals surface area (Å²) in [7, 11) is 0. The number of oxime groups is 1. The van der Waals surface area contributed by atoms with Gasteiger partial charge in [0.1, 0.15) is 5.41 Å². The Labute approximate surface area is 118 Å². The molecule has 1 aromatic rings. The Morgan fingerprint density at radius 3 is 2.40 bits per heavy atom. The second kappa shape index (κ2) is 5.15. The van der Waals surface area contributed by atoms with Gasteiger partial charge in [0.15, 0.2) is 5.84 Å². The van der Waals surface area contributed by atoms with E-state index in [1.807, 2.05) is 32.0 Å². The topological polar surface area (TPSA) is 87.7 Å². The molecule has 1 fully saturated rings. The van der Waals surface area contributed by atoms with Gasteiger partial charge in [-0.3, -0.25) is 4.79 Å². The van der Waals surface area contributed by atoms with Crippen LogP contribution < -0.4 is 11.1 Å². The number of amides is 1. The molecule has 1 aliphatic rings. The maximum Gasteiger partial charge on any atom is 0.238 e. The highest BCUT2D eigenvalue weighted by Gasteiger charge is 2.52. The normalized spacial score (nSPS) is 25.9. The second-order valence-electron chi connectivity index (χ2n) is 5.80.